The van der Waals surface area contributed by atoms with Gasteiger partial charge in [0, 0.05) is 19.6 Å². The van der Waals surface area contributed by atoms with Crippen molar-refractivity contribution in [3.8, 4) is 0 Å². The zero-order valence-corrected chi connectivity index (χ0v) is 16.6. The lowest BCUT2D eigenvalue weighted by molar-refractivity contribution is -0.137. The molecule has 25 heavy (non-hydrogen) atoms. The minimum atomic E-state index is -0.679. The summed E-state index contributed by atoms with van der Waals surface area (Å²) in [6.45, 7) is 4.02. The van der Waals surface area contributed by atoms with Gasteiger partial charge in [-0.1, -0.05) is 26.2 Å². The summed E-state index contributed by atoms with van der Waals surface area (Å²) in [4.78, 5) is 10.5. The molecule has 5 heteroatoms. The number of fused-ring (bicyclic) bond motifs is 2. The highest BCUT2D eigenvalue weighted by atomic mass is 32.2. The van der Waals surface area contributed by atoms with E-state index in [0.717, 1.165) is 44.0 Å². The van der Waals surface area contributed by atoms with Crippen LogP contribution in [0.1, 0.15) is 71.1 Å². The van der Waals surface area contributed by atoms with Crippen LogP contribution in [0.3, 0.4) is 0 Å². The first-order valence-corrected chi connectivity index (χ1v) is 11.4. The van der Waals surface area contributed by atoms with Crippen LogP contribution in [-0.2, 0) is 14.3 Å². The number of carbonyl (C=O) groups is 1. The quantitative estimate of drug-likeness (QED) is 0.420. The van der Waals surface area contributed by atoms with Crippen molar-refractivity contribution in [1.82, 2.24) is 0 Å². The molecule has 2 heterocycles. The maximum absolute atomic E-state index is 10.5. The fraction of sp³-hybridized carbons (Fsp3) is 0.950. The summed E-state index contributed by atoms with van der Waals surface area (Å²) in [6.07, 6.45) is 11.7. The molecule has 0 radical (unpaired) electrons. The molecule has 2 rings (SSSR count). The Morgan fingerprint density at radius 3 is 2.64 bits per heavy atom. The van der Waals surface area contributed by atoms with E-state index in [4.69, 9.17) is 14.6 Å². The molecule has 146 valence electrons. The normalized spacial score (nSPS) is 27.9. The molecule has 4 atom stereocenters. The number of hydrogen-bond donors (Lipinski definition) is 1. The summed E-state index contributed by atoms with van der Waals surface area (Å²) < 4.78 is 12.0. The molecule has 0 aromatic heterocycles. The van der Waals surface area contributed by atoms with Crippen molar-refractivity contribution in [2.24, 2.45) is 11.8 Å². The first-order valence-electron chi connectivity index (χ1n) is 10.2. The molecule has 0 aromatic rings. The van der Waals surface area contributed by atoms with Crippen molar-refractivity contribution in [2.75, 3.05) is 24.7 Å². The number of aliphatic carboxylic acids is 1. The van der Waals surface area contributed by atoms with Crippen LogP contribution in [0.2, 0.25) is 0 Å². The minimum Gasteiger partial charge on any atom is -0.481 e. The Hall–Kier alpha value is -0.260. The van der Waals surface area contributed by atoms with Crippen molar-refractivity contribution in [3.63, 3.8) is 0 Å². The SMILES string of the molecule is CCCCCCOCCC1C2CCC(O2)C1CSCCCCC(=O)O. The molecule has 2 bridgehead atoms. The maximum atomic E-state index is 10.5. The molecule has 0 spiro atoms. The third-order valence-electron chi connectivity index (χ3n) is 5.57. The van der Waals surface area contributed by atoms with Gasteiger partial charge in [0.1, 0.15) is 0 Å². The molecular formula is C20H36O4S. The number of carboxylic acid groups (broad SMARTS) is 1. The Morgan fingerprint density at radius 1 is 1.08 bits per heavy atom. The van der Waals surface area contributed by atoms with Gasteiger partial charge >= 0.3 is 5.97 Å². The molecule has 2 fully saturated rings. The van der Waals surface area contributed by atoms with E-state index in [1.54, 1.807) is 0 Å². The molecule has 4 unspecified atom stereocenters. The van der Waals surface area contributed by atoms with Crippen molar-refractivity contribution < 1.29 is 19.4 Å². The Morgan fingerprint density at radius 2 is 1.88 bits per heavy atom. The van der Waals surface area contributed by atoms with E-state index in [0.29, 0.717) is 30.5 Å². The highest BCUT2D eigenvalue weighted by molar-refractivity contribution is 7.99. The van der Waals surface area contributed by atoms with Crippen molar-refractivity contribution in [3.05, 3.63) is 0 Å². The second-order valence-electron chi connectivity index (χ2n) is 7.51. The Balaban J connectivity index is 1.57. The van der Waals surface area contributed by atoms with Gasteiger partial charge in [0.25, 0.3) is 0 Å². The average Bonchev–Trinajstić information content (AvgIpc) is 3.19. The lowest BCUT2D eigenvalue weighted by Crippen LogP contribution is -2.30. The van der Waals surface area contributed by atoms with Gasteiger partial charge in [-0.15, -0.1) is 0 Å². The summed E-state index contributed by atoms with van der Waals surface area (Å²) in [5.74, 6) is 2.89. The smallest absolute Gasteiger partial charge is 0.303 e. The van der Waals surface area contributed by atoms with E-state index >= 15 is 0 Å². The van der Waals surface area contributed by atoms with Crippen LogP contribution in [0.15, 0.2) is 0 Å². The van der Waals surface area contributed by atoms with Crippen LogP contribution in [0.25, 0.3) is 0 Å². The lowest BCUT2D eigenvalue weighted by Gasteiger charge is -2.27. The van der Waals surface area contributed by atoms with E-state index in [-0.39, 0.29) is 0 Å². The summed E-state index contributed by atoms with van der Waals surface area (Å²) in [5, 5.41) is 8.68. The van der Waals surface area contributed by atoms with Crippen LogP contribution < -0.4 is 0 Å². The number of rotatable bonds is 15. The lowest BCUT2D eigenvalue weighted by atomic mass is 9.79. The summed E-state index contributed by atoms with van der Waals surface area (Å²) in [6, 6.07) is 0. The van der Waals surface area contributed by atoms with Crippen molar-refractivity contribution in [2.45, 2.75) is 83.3 Å². The van der Waals surface area contributed by atoms with Gasteiger partial charge in [-0.25, -0.2) is 0 Å². The summed E-state index contributed by atoms with van der Waals surface area (Å²) in [7, 11) is 0. The van der Waals surface area contributed by atoms with Crippen molar-refractivity contribution >= 4 is 17.7 Å². The topological polar surface area (TPSA) is 55.8 Å². The second kappa shape index (κ2) is 12.2. The van der Waals surface area contributed by atoms with Gasteiger partial charge in [-0.3, -0.25) is 4.79 Å². The number of unbranched alkanes of at least 4 members (excludes halogenated alkanes) is 4. The van der Waals surface area contributed by atoms with Crippen LogP contribution in [0, 0.1) is 11.8 Å². The predicted molar refractivity (Wildman–Crippen MR) is 103 cm³/mol. The molecular weight excluding hydrogens is 336 g/mol. The third kappa shape index (κ3) is 7.48. The monoisotopic (exact) mass is 372 g/mol. The Bertz CT molecular complexity index is 377. The maximum Gasteiger partial charge on any atom is 0.303 e. The van der Waals surface area contributed by atoms with E-state index in [1.807, 2.05) is 11.8 Å². The molecule has 0 aliphatic carbocycles. The first-order chi connectivity index (χ1) is 12.2. The van der Waals surface area contributed by atoms with Gasteiger partial charge in [0.15, 0.2) is 0 Å². The fourth-order valence-electron chi connectivity index (χ4n) is 4.15. The molecule has 0 saturated carbocycles. The molecule has 0 amide bonds. The van der Waals surface area contributed by atoms with Crippen LogP contribution in [0.5, 0.6) is 0 Å². The highest BCUT2D eigenvalue weighted by Gasteiger charge is 2.47. The Kier molecular flexibility index (Phi) is 10.3. The number of carboxylic acids is 1. The van der Waals surface area contributed by atoms with Crippen LogP contribution in [-0.4, -0.2) is 48.0 Å². The zero-order valence-electron chi connectivity index (χ0n) is 15.8. The predicted octanol–water partition coefficient (Wildman–Crippen LogP) is 4.76. The standard InChI is InChI=1S/C20H36O4S/c1-2-3-4-6-12-23-13-11-16-17(19-10-9-18(16)24-19)15-25-14-7-5-8-20(21)22/h16-19H,2-15H2,1H3,(H,21,22). The minimum absolute atomic E-state index is 0.302. The molecule has 2 aliphatic heterocycles. The third-order valence-corrected chi connectivity index (χ3v) is 6.77. The highest BCUT2D eigenvalue weighted by Crippen LogP contribution is 2.46. The van der Waals surface area contributed by atoms with Gasteiger partial charge in [-0.2, -0.15) is 11.8 Å². The Labute approximate surface area is 157 Å². The van der Waals surface area contributed by atoms with Crippen LogP contribution >= 0.6 is 11.8 Å². The summed E-state index contributed by atoms with van der Waals surface area (Å²) in [5.41, 5.74) is 0. The van der Waals surface area contributed by atoms with Gasteiger partial charge in [0.05, 0.1) is 12.2 Å². The number of ether oxygens (including phenoxy) is 2. The number of hydrogen-bond acceptors (Lipinski definition) is 4. The fourth-order valence-corrected chi connectivity index (χ4v) is 5.46. The zero-order chi connectivity index (χ0) is 17.9. The first kappa shape index (κ1) is 21.0. The van der Waals surface area contributed by atoms with Crippen LogP contribution in [0.4, 0.5) is 0 Å². The largest absolute Gasteiger partial charge is 0.481 e. The second-order valence-corrected chi connectivity index (χ2v) is 8.66. The van der Waals surface area contributed by atoms with E-state index in [2.05, 4.69) is 6.92 Å². The van der Waals surface area contributed by atoms with E-state index < -0.39 is 5.97 Å². The molecule has 0 aromatic carbocycles. The average molecular weight is 373 g/mol. The molecule has 4 nitrogen and oxygen atoms in total. The van der Waals surface area contributed by atoms with Gasteiger partial charge in [-0.05, 0) is 61.9 Å². The van der Waals surface area contributed by atoms with Crippen molar-refractivity contribution in [1.29, 1.82) is 0 Å². The summed E-state index contributed by atoms with van der Waals surface area (Å²) >= 11 is 1.98. The number of thioether (sulfide) groups is 1. The van der Waals surface area contributed by atoms with E-state index in [1.165, 1.54) is 38.5 Å². The molecule has 2 aliphatic rings. The van der Waals surface area contributed by atoms with E-state index in [9.17, 15) is 4.79 Å². The molecule has 1 N–H and O–H groups in total. The van der Waals surface area contributed by atoms with Gasteiger partial charge < -0.3 is 14.6 Å². The molecule has 2 saturated heterocycles. The van der Waals surface area contributed by atoms with Gasteiger partial charge in [0.2, 0.25) is 0 Å².